The fourth-order valence-electron chi connectivity index (χ4n) is 1.56. The summed E-state index contributed by atoms with van der Waals surface area (Å²) in [7, 11) is 1.55. The second kappa shape index (κ2) is 8.00. The van der Waals surface area contributed by atoms with Gasteiger partial charge < -0.3 is 9.64 Å². The molecular formula is C13H14Cl2N2O2. The van der Waals surface area contributed by atoms with E-state index in [0.29, 0.717) is 29.7 Å². The molecule has 1 aromatic rings. The molecule has 6 heteroatoms. The van der Waals surface area contributed by atoms with Gasteiger partial charge in [0.25, 0.3) is 5.91 Å². The van der Waals surface area contributed by atoms with E-state index in [-0.39, 0.29) is 17.9 Å². The first-order valence-electron chi connectivity index (χ1n) is 5.71. The Morgan fingerprint density at radius 1 is 1.37 bits per heavy atom. The fraction of sp³-hybridized carbons (Fsp3) is 0.385. The summed E-state index contributed by atoms with van der Waals surface area (Å²) in [5.74, 6) is -0.289. The molecule has 0 bridgehead atoms. The van der Waals surface area contributed by atoms with Crippen molar-refractivity contribution in [1.29, 1.82) is 5.26 Å². The number of amides is 1. The zero-order valence-electron chi connectivity index (χ0n) is 10.5. The zero-order chi connectivity index (χ0) is 14.3. The molecule has 0 aromatic heterocycles. The number of benzene rings is 1. The van der Waals surface area contributed by atoms with E-state index in [1.54, 1.807) is 25.3 Å². The van der Waals surface area contributed by atoms with Gasteiger partial charge in [0.05, 0.1) is 34.7 Å². The van der Waals surface area contributed by atoms with Crippen molar-refractivity contribution in [1.82, 2.24) is 4.90 Å². The largest absolute Gasteiger partial charge is 0.383 e. The van der Waals surface area contributed by atoms with Crippen LogP contribution in [-0.4, -0.2) is 37.6 Å². The standard InChI is InChI=1S/C13H14Cl2N2O2/c1-19-9-8-17(7-3-6-16)13(18)12-10(14)4-2-5-11(12)15/h2,4-5H,3,7-9H2,1H3. The van der Waals surface area contributed by atoms with Crippen molar-refractivity contribution < 1.29 is 9.53 Å². The number of hydrogen-bond acceptors (Lipinski definition) is 3. The quantitative estimate of drug-likeness (QED) is 0.811. The van der Waals surface area contributed by atoms with Gasteiger partial charge in [0, 0.05) is 20.2 Å². The number of methoxy groups -OCH3 is 1. The van der Waals surface area contributed by atoms with Crippen LogP contribution < -0.4 is 0 Å². The second-order valence-electron chi connectivity index (χ2n) is 3.79. The number of nitrogens with zero attached hydrogens (tertiary/aromatic N) is 2. The number of carbonyl (C=O) groups excluding carboxylic acids is 1. The first-order valence-corrected chi connectivity index (χ1v) is 6.46. The van der Waals surface area contributed by atoms with E-state index in [1.807, 2.05) is 6.07 Å². The lowest BCUT2D eigenvalue weighted by molar-refractivity contribution is 0.0700. The van der Waals surface area contributed by atoms with Gasteiger partial charge in [-0.15, -0.1) is 0 Å². The highest BCUT2D eigenvalue weighted by Gasteiger charge is 2.20. The second-order valence-corrected chi connectivity index (χ2v) is 4.60. The third kappa shape index (κ3) is 4.39. The predicted molar refractivity (Wildman–Crippen MR) is 74.5 cm³/mol. The lowest BCUT2D eigenvalue weighted by Crippen LogP contribution is -2.35. The first-order chi connectivity index (χ1) is 9.11. The summed E-state index contributed by atoms with van der Waals surface area (Å²) in [5.41, 5.74) is 0.264. The number of ether oxygens (including phenoxy) is 1. The van der Waals surface area contributed by atoms with Crippen LogP contribution in [0.5, 0.6) is 0 Å². The smallest absolute Gasteiger partial charge is 0.256 e. The summed E-state index contributed by atoms with van der Waals surface area (Å²) >= 11 is 12.0. The van der Waals surface area contributed by atoms with Gasteiger partial charge in [-0.1, -0.05) is 29.3 Å². The Balaban J connectivity index is 2.95. The van der Waals surface area contributed by atoms with Gasteiger partial charge >= 0.3 is 0 Å². The van der Waals surface area contributed by atoms with Gasteiger partial charge in [0.2, 0.25) is 0 Å². The Hall–Kier alpha value is -1.28. The lowest BCUT2D eigenvalue weighted by Gasteiger charge is -2.22. The lowest BCUT2D eigenvalue weighted by atomic mass is 10.2. The number of halogens is 2. The highest BCUT2D eigenvalue weighted by molar-refractivity contribution is 6.39. The Morgan fingerprint density at radius 3 is 2.53 bits per heavy atom. The van der Waals surface area contributed by atoms with Crippen molar-refractivity contribution in [2.24, 2.45) is 0 Å². The molecule has 0 unspecified atom stereocenters. The van der Waals surface area contributed by atoms with Crippen LogP contribution in [0.25, 0.3) is 0 Å². The number of hydrogen-bond donors (Lipinski definition) is 0. The Kier molecular flexibility index (Phi) is 6.65. The van der Waals surface area contributed by atoms with E-state index < -0.39 is 0 Å². The maximum absolute atomic E-state index is 12.4. The maximum atomic E-state index is 12.4. The van der Waals surface area contributed by atoms with Crippen LogP contribution in [0.15, 0.2) is 18.2 Å². The summed E-state index contributed by atoms with van der Waals surface area (Å²) in [5, 5.41) is 9.24. The monoisotopic (exact) mass is 300 g/mol. The maximum Gasteiger partial charge on any atom is 0.256 e. The molecule has 0 aliphatic heterocycles. The third-order valence-electron chi connectivity index (χ3n) is 2.52. The van der Waals surface area contributed by atoms with Crippen molar-refractivity contribution >= 4 is 29.1 Å². The van der Waals surface area contributed by atoms with Crippen LogP contribution in [0.4, 0.5) is 0 Å². The molecule has 102 valence electrons. The molecule has 19 heavy (non-hydrogen) atoms. The van der Waals surface area contributed by atoms with Crippen LogP contribution in [0.1, 0.15) is 16.8 Å². The highest BCUT2D eigenvalue weighted by Crippen LogP contribution is 2.25. The minimum absolute atomic E-state index is 0.248. The summed E-state index contributed by atoms with van der Waals surface area (Å²) in [6, 6.07) is 6.91. The molecule has 0 heterocycles. The van der Waals surface area contributed by atoms with E-state index in [4.69, 9.17) is 33.2 Å². The highest BCUT2D eigenvalue weighted by atomic mass is 35.5. The van der Waals surface area contributed by atoms with Crippen LogP contribution in [-0.2, 0) is 4.74 Å². The van der Waals surface area contributed by atoms with Gasteiger partial charge in [-0.05, 0) is 12.1 Å². The molecule has 0 aliphatic rings. The van der Waals surface area contributed by atoms with Crippen molar-refractivity contribution in [3.05, 3.63) is 33.8 Å². The molecule has 0 saturated carbocycles. The molecule has 1 amide bonds. The van der Waals surface area contributed by atoms with Crippen molar-refractivity contribution in [3.8, 4) is 6.07 Å². The SMILES string of the molecule is COCCN(CCC#N)C(=O)c1c(Cl)cccc1Cl. The van der Waals surface area contributed by atoms with Crippen LogP contribution in [0.2, 0.25) is 10.0 Å². The normalized spacial score (nSPS) is 10.0. The summed E-state index contributed by atoms with van der Waals surface area (Å²) in [6.07, 6.45) is 0.248. The van der Waals surface area contributed by atoms with Crippen molar-refractivity contribution in [3.63, 3.8) is 0 Å². The molecule has 0 fully saturated rings. The molecule has 0 atom stereocenters. The summed E-state index contributed by atoms with van der Waals surface area (Å²) < 4.78 is 4.96. The van der Waals surface area contributed by atoms with E-state index in [2.05, 4.69) is 0 Å². The first kappa shape index (κ1) is 15.8. The van der Waals surface area contributed by atoms with E-state index >= 15 is 0 Å². The number of rotatable bonds is 6. The predicted octanol–water partition coefficient (Wildman–Crippen LogP) is 3.00. The van der Waals surface area contributed by atoms with Crippen molar-refractivity contribution in [2.45, 2.75) is 6.42 Å². The zero-order valence-corrected chi connectivity index (χ0v) is 12.0. The minimum Gasteiger partial charge on any atom is -0.383 e. The Morgan fingerprint density at radius 2 is 2.00 bits per heavy atom. The molecule has 0 radical (unpaired) electrons. The van der Waals surface area contributed by atoms with Crippen LogP contribution in [0, 0.1) is 11.3 Å². The summed E-state index contributed by atoms with van der Waals surface area (Å²) in [4.78, 5) is 13.9. The Bertz CT molecular complexity index is 466. The van der Waals surface area contributed by atoms with Gasteiger partial charge in [-0.2, -0.15) is 5.26 Å². The van der Waals surface area contributed by atoms with Gasteiger partial charge in [0.15, 0.2) is 0 Å². The molecule has 0 saturated heterocycles. The third-order valence-corrected chi connectivity index (χ3v) is 3.15. The molecular weight excluding hydrogens is 287 g/mol. The van der Waals surface area contributed by atoms with Gasteiger partial charge in [0.1, 0.15) is 0 Å². The van der Waals surface area contributed by atoms with Gasteiger partial charge in [-0.25, -0.2) is 0 Å². The topological polar surface area (TPSA) is 53.3 Å². The van der Waals surface area contributed by atoms with Crippen molar-refractivity contribution in [2.75, 3.05) is 26.8 Å². The Labute approximate surface area is 122 Å². The summed E-state index contributed by atoms with van der Waals surface area (Å²) in [6.45, 7) is 1.10. The average molecular weight is 301 g/mol. The van der Waals surface area contributed by atoms with Crippen LogP contribution in [0.3, 0.4) is 0 Å². The van der Waals surface area contributed by atoms with E-state index in [0.717, 1.165) is 0 Å². The molecule has 1 aromatic carbocycles. The van der Waals surface area contributed by atoms with E-state index in [9.17, 15) is 4.79 Å². The molecule has 0 N–H and O–H groups in total. The molecule has 0 spiro atoms. The molecule has 0 aliphatic carbocycles. The minimum atomic E-state index is -0.289. The van der Waals surface area contributed by atoms with Crippen LogP contribution >= 0.6 is 23.2 Å². The van der Waals surface area contributed by atoms with Gasteiger partial charge in [-0.3, -0.25) is 4.79 Å². The molecule has 4 nitrogen and oxygen atoms in total. The fourth-order valence-corrected chi connectivity index (χ4v) is 2.12. The number of carbonyl (C=O) groups is 1. The molecule has 1 rings (SSSR count). The number of nitriles is 1. The average Bonchev–Trinajstić information content (AvgIpc) is 2.38. The van der Waals surface area contributed by atoms with E-state index in [1.165, 1.54) is 4.90 Å².